The van der Waals surface area contributed by atoms with E-state index in [-0.39, 0.29) is 36.2 Å². The van der Waals surface area contributed by atoms with Gasteiger partial charge in [0.05, 0.1) is 25.6 Å². The summed E-state index contributed by atoms with van der Waals surface area (Å²) in [6.07, 6.45) is -0.570. The smallest absolute Gasteiger partial charge is 0.263 e. The van der Waals surface area contributed by atoms with E-state index in [1.807, 2.05) is 0 Å². The van der Waals surface area contributed by atoms with E-state index >= 15 is 0 Å². The molecule has 3 unspecified atom stereocenters. The lowest BCUT2D eigenvalue weighted by molar-refractivity contribution is -0.0470. The first-order chi connectivity index (χ1) is 11.2. The van der Waals surface area contributed by atoms with Crippen LogP contribution in [0, 0.1) is 11.8 Å². The number of nitrogens with one attached hydrogen (secondary N) is 1. The Morgan fingerprint density at radius 1 is 1.68 bits per heavy atom. The molecule has 3 rings (SSSR count). The standard InChI is InChI=1S/C13H15N5O4/c14-3-1-2-7-11-12(15-6-16-13(11)21)18(17-7)10-4-8(20)9(5-19)22-10/h6,8-10,19-20H,3-5,14H2,(H,15,16,21)/i19D. The van der Waals surface area contributed by atoms with E-state index in [4.69, 9.17) is 11.9 Å². The number of hydrogen-bond donors (Lipinski definition) is 4. The molecule has 0 spiro atoms. The van der Waals surface area contributed by atoms with Crippen molar-refractivity contribution in [1.82, 2.24) is 19.7 Å². The van der Waals surface area contributed by atoms with Crippen molar-refractivity contribution in [2.45, 2.75) is 24.9 Å². The third kappa shape index (κ3) is 2.38. The molecule has 9 nitrogen and oxygen atoms in total. The lowest BCUT2D eigenvalue weighted by Gasteiger charge is -2.12. The van der Waals surface area contributed by atoms with Crippen LogP contribution in [0.15, 0.2) is 11.1 Å². The molecule has 0 aromatic carbocycles. The van der Waals surface area contributed by atoms with E-state index in [0.29, 0.717) is 5.65 Å². The molecule has 1 saturated heterocycles. The second kappa shape index (κ2) is 5.86. The Kier molecular flexibility index (Phi) is 3.57. The molecule has 5 N–H and O–H groups in total. The fourth-order valence-electron chi connectivity index (χ4n) is 2.42. The maximum Gasteiger partial charge on any atom is 0.263 e. The summed E-state index contributed by atoms with van der Waals surface area (Å²) >= 11 is 0. The van der Waals surface area contributed by atoms with Crippen LogP contribution in [-0.2, 0) is 4.74 Å². The molecule has 116 valence electrons. The SMILES string of the molecule is [2H]OCC1OC(n2nc(C#CCN)c3c(=O)[nH]cnc32)CC1O. The van der Waals surface area contributed by atoms with Gasteiger partial charge in [0.15, 0.2) is 17.6 Å². The summed E-state index contributed by atoms with van der Waals surface area (Å²) in [6, 6.07) is 0. The normalized spacial score (nSPS) is 25.0. The van der Waals surface area contributed by atoms with Crippen LogP contribution >= 0.6 is 0 Å². The number of fused-ring (bicyclic) bond motifs is 1. The topological polar surface area (TPSA) is 139 Å². The first kappa shape index (κ1) is 13.4. The quantitative estimate of drug-likeness (QED) is 0.484. The van der Waals surface area contributed by atoms with Crippen molar-refractivity contribution in [2.24, 2.45) is 5.73 Å². The van der Waals surface area contributed by atoms with Crippen LogP contribution in [-0.4, -0.2) is 56.8 Å². The van der Waals surface area contributed by atoms with E-state index in [0.717, 1.165) is 0 Å². The first-order valence-electron chi connectivity index (χ1n) is 7.13. The monoisotopic (exact) mass is 306 g/mol. The highest BCUT2D eigenvalue weighted by Gasteiger charge is 2.36. The Labute approximate surface area is 126 Å². The fourth-order valence-corrected chi connectivity index (χ4v) is 2.42. The molecule has 3 heterocycles. The Morgan fingerprint density at radius 2 is 2.55 bits per heavy atom. The maximum atomic E-state index is 12.0. The van der Waals surface area contributed by atoms with Gasteiger partial charge in [-0.25, -0.2) is 9.67 Å². The van der Waals surface area contributed by atoms with E-state index in [9.17, 15) is 9.90 Å². The third-order valence-electron chi connectivity index (χ3n) is 3.44. The van der Waals surface area contributed by atoms with Gasteiger partial charge in [0.2, 0.25) is 1.43 Å². The van der Waals surface area contributed by atoms with Gasteiger partial charge in [0, 0.05) is 6.42 Å². The number of aliphatic hydroxyl groups is 2. The number of aliphatic hydroxyl groups excluding tert-OH is 2. The molecule has 1 aliphatic heterocycles. The van der Waals surface area contributed by atoms with Gasteiger partial charge in [-0.3, -0.25) is 4.79 Å². The lowest BCUT2D eigenvalue weighted by Crippen LogP contribution is -2.24. The number of nitrogens with zero attached hydrogens (tertiary/aromatic N) is 3. The van der Waals surface area contributed by atoms with E-state index in [1.54, 1.807) is 0 Å². The number of ether oxygens (including phenoxy) is 1. The minimum atomic E-state index is -0.801. The van der Waals surface area contributed by atoms with E-state index in [1.165, 1.54) is 11.0 Å². The summed E-state index contributed by atoms with van der Waals surface area (Å²) in [5.74, 6) is 5.39. The number of aromatic nitrogens is 4. The van der Waals surface area contributed by atoms with Gasteiger partial charge in [-0.1, -0.05) is 5.92 Å². The zero-order valence-electron chi connectivity index (χ0n) is 12.5. The number of aromatic amines is 1. The fraction of sp³-hybridized carbons (Fsp3) is 0.462. The Balaban J connectivity index is 2.05. The van der Waals surface area contributed by atoms with Gasteiger partial charge in [-0.05, 0) is 5.92 Å². The molecule has 0 bridgehead atoms. The van der Waals surface area contributed by atoms with Crippen molar-refractivity contribution in [3.05, 3.63) is 22.4 Å². The predicted octanol–water partition coefficient (Wildman–Crippen LogP) is -1.93. The van der Waals surface area contributed by atoms with Crippen LogP contribution in [0.4, 0.5) is 0 Å². The highest BCUT2D eigenvalue weighted by atomic mass is 16.5. The number of nitrogens with two attached hydrogens (primary N) is 1. The summed E-state index contributed by atoms with van der Waals surface area (Å²) in [7, 11) is 0. The summed E-state index contributed by atoms with van der Waals surface area (Å²) < 4.78 is 13.8. The zero-order chi connectivity index (χ0) is 16.4. The van der Waals surface area contributed by atoms with Gasteiger partial charge >= 0.3 is 0 Å². The van der Waals surface area contributed by atoms with E-state index < -0.39 is 18.4 Å². The van der Waals surface area contributed by atoms with Gasteiger partial charge in [-0.2, -0.15) is 5.10 Å². The largest absolute Gasteiger partial charge is 0.394 e. The Hall–Kier alpha value is -2.25. The summed E-state index contributed by atoms with van der Waals surface area (Å²) in [5.41, 5.74) is 5.54. The molecule has 3 atom stereocenters. The first-order valence-corrected chi connectivity index (χ1v) is 6.72. The minimum absolute atomic E-state index is 0.0648. The van der Waals surface area contributed by atoms with Crippen LogP contribution in [0.2, 0.25) is 0 Å². The molecule has 0 aliphatic carbocycles. The second-order valence-corrected chi connectivity index (χ2v) is 4.83. The minimum Gasteiger partial charge on any atom is -0.394 e. The highest BCUT2D eigenvalue weighted by Crippen LogP contribution is 2.30. The van der Waals surface area contributed by atoms with Crippen molar-refractivity contribution in [3.63, 3.8) is 0 Å². The van der Waals surface area contributed by atoms with Gasteiger partial charge < -0.3 is 25.7 Å². The molecule has 22 heavy (non-hydrogen) atoms. The number of hydrogen-bond acceptors (Lipinski definition) is 7. The number of rotatable bonds is 3. The number of H-pyrrole nitrogens is 1. The molecular formula is C13H15N5O4. The molecule has 9 heteroatoms. The average molecular weight is 306 g/mol. The van der Waals surface area contributed by atoms with Gasteiger partial charge in [-0.15, -0.1) is 0 Å². The van der Waals surface area contributed by atoms with Crippen molar-refractivity contribution < 1.29 is 15.0 Å². The molecule has 1 aliphatic rings. The van der Waals surface area contributed by atoms with Crippen molar-refractivity contribution in [2.75, 3.05) is 13.2 Å². The third-order valence-corrected chi connectivity index (χ3v) is 3.44. The zero-order valence-corrected chi connectivity index (χ0v) is 11.5. The summed E-state index contributed by atoms with van der Waals surface area (Å²) in [5, 5.41) is 18.8. The van der Waals surface area contributed by atoms with E-state index in [2.05, 4.69) is 32.0 Å². The molecule has 2 aromatic heterocycles. The molecule has 0 amide bonds. The van der Waals surface area contributed by atoms with Crippen LogP contribution in [0.1, 0.15) is 18.3 Å². The van der Waals surface area contributed by atoms with Gasteiger partial charge in [0.25, 0.3) is 5.56 Å². The molecule has 0 radical (unpaired) electrons. The average Bonchev–Trinajstić information content (AvgIpc) is 3.08. The van der Waals surface area contributed by atoms with Crippen LogP contribution in [0.5, 0.6) is 0 Å². The van der Waals surface area contributed by atoms with Crippen molar-refractivity contribution in [3.8, 4) is 11.8 Å². The molecule has 1 fully saturated rings. The lowest BCUT2D eigenvalue weighted by atomic mass is 10.2. The summed E-state index contributed by atoms with van der Waals surface area (Å²) in [4.78, 5) is 18.6. The van der Waals surface area contributed by atoms with Crippen molar-refractivity contribution >= 4 is 11.0 Å². The van der Waals surface area contributed by atoms with Crippen LogP contribution < -0.4 is 11.3 Å². The van der Waals surface area contributed by atoms with Crippen LogP contribution in [0.3, 0.4) is 0 Å². The Bertz CT molecular complexity index is 823. The molecule has 0 saturated carbocycles. The molecule has 2 aromatic rings. The Morgan fingerprint density at radius 3 is 3.32 bits per heavy atom. The second-order valence-electron chi connectivity index (χ2n) is 4.83. The maximum absolute atomic E-state index is 12.0. The van der Waals surface area contributed by atoms with Crippen molar-refractivity contribution in [1.29, 1.82) is 1.43 Å². The molecular weight excluding hydrogens is 290 g/mol. The predicted molar refractivity (Wildman–Crippen MR) is 75.7 cm³/mol. The highest BCUT2D eigenvalue weighted by molar-refractivity contribution is 5.80. The summed E-state index contributed by atoms with van der Waals surface area (Å²) in [6.45, 7) is 0.0682. The van der Waals surface area contributed by atoms with Gasteiger partial charge in [0.1, 0.15) is 11.5 Å². The van der Waals surface area contributed by atoms with Crippen LogP contribution in [0.25, 0.3) is 11.0 Å².